The van der Waals surface area contributed by atoms with Gasteiger partial charge in [-0.15, -0.1) is 6.58 Å². The van der Waals surface area contributed by atoms with Crippen LogP contribution in [0.25, 0.3) is 0 Å². The molecule has 2 nitrogen and oxygen atoms in total. The van der Waals surface area contributed by atoms with E-state index in [1.807, 2.05) is 12.1 Å². The number of aryl methyl sites for hydroxylation is 1. The lowest BCUT2D eigenvalue weighted by Gasteiger charge is -2.29. The van der Waals surface area contributed by atoms with Gasteiger partial charge in [-0.1, -0.05) is 12.1 Å². The van der Waals surface area contributed by atoms with E-state index in [1.165, 1.54) is 17.5 Å². The van der Waals surface area contributed by atoms with Gasteiger partial charge in [0.05, 0.1) is 0 Å². The molecular weight excluding hydrogens is 210 g/mol. The van der Waals surface area contributed by atoms with E-state index in [0.717, 1.165) is 19.3 Å². The van der Waals surface area contributed by atoms with Crippen LogP contribution in [-0.4, -0.2) is 11.1 Å². The van der Waals surface area contributed by atoms with Crippen LogP contribution in [0.2, 0.25) is 0 Å². The molecule has 0 saturated heterocycles. The van der Waals surface area contributed by atoms with E-state index in [2.05, 4.69) is 24.9 Å². The van der Waals surface area contributed by atoms with Gasteiger partial charge in [-0.3, -0.25) is 0 Å². The predicted octanol–water partition coefficient (Wildman–Crippen LogP) is 3.32. The summed E-state index contributed by atoms with van der Waals surface area (Å²) >= 11 is 0. The first-order valence-corrected chi connectivity index (χ1v) is 6.39. The van der Waals surface area contributed by atoms with Gasteiger partial charge in [-0.05, 0) is 55.9 Å². The first kappa shape index (κ1) is 12.2. The number of aromatic hydroxyl groups is 1. The van der Waals surface area contributed by atoms with Crippen LogP contribution in [0.5, 0.6) is 5.75 Å². The van der Waals surface area contributed by atoms with E-state index in [1.54, 1.807) is 6.07 Å². The summed E-state index contributed by atoms with van der Waals surface area (Å²) in [5.74, 6) is 0.369. The van der Waals surface area contributed by atoms with E-state index >= 15 is 0 Å². The molecule has 0 amide bonds. The molecule has 0 heterocycles. The smallest absolute Gasteiger partial charge is 0.115 e. The molecule has 1 aliphatic carbocycles. The molecule has 17 heavy (non-hydrogen) atoms. The molecule has 0 fully saturated rings. The Morgan fingerprint density at radius 2 is 2.41 bits per heavy atom. The Kier molecular flexibility index (Phi) is 3.85. The van der Waals surface area contributed by atoms with Crippen LogP contribution in [0.15, 0.2) is 30.9 Å². The summed E-state index contributed by atoms with van der Waals surface area (Å²) in [5, 5.41) is 13.2. The number of rotatable bonds is 4. The van der Waals surface area contributed by atoms with Gasteiger partial charge in [0.25, 0.3) is 0 Å². The van der Waals surface area contributed by atoms with Gasteiger partial charge in [0.15, 0.2) is 0 Å². The minimum Gasteiger partial charge on any atom is -0.508 e. The SMILES string of the molecule is C=CCC(C)NC1CCCc2ccc(O)cc21. The molecule has 0 spiro atoms. The minimum atomic E-state index is 0.369. The lowest BCUT2D eigenvalue weighted by atomic mass is 9.87. The molecule has 0 radical (unpaired) electrons. The van der Waals surface area contributed by atoms with Crippen molar-refractivity contribution in [2.24, 2.45) is 0 Å². The molecule has 0 aliphatic heterocycles. The molecular formula is C15H21NO. The summed E-state index contributed by atoms with van der Waals surface area (Å²) in [6.07, 6.45) is 6.42. The lowest BCUT2D eigenvalue weighted by molar-refractivity contribution is 0.406. The number of fused-ring (bicyclic) bond motifs is 1. The number of nitrogens with one attached hydrogen (secondary N) is 1. The first-order valence-electron chi connectivity index (χ1n) is 6.39. The van der Waals surface area contributed by atoms with Crippen LogP contribution < -0.4 is 5.32 Å². The topological polar surface area (TPSA) is 32.3 Å². The Morgan fingerprint density at radius 3 is 3.18 bits per heavy atom. The summed E-state index contributed by atoms with van der Waals surface area (Å²) in [6.45, 7) is 5.95. The van der Waals surface area contributed by atoms with Crippen molar-refractivity contribution in [2.45, 2.75) is 44.7 Å². The third-order valence-corrected chi connectivity index (χ3v) is 3.45. The Hall–Kier alpha value is -1.28. The predicted molar refractivity (Wildman–Crippen MR) is 71.2 cm³/mol. The van der Waals surface area contributed by atoms with Crippen molar-refractivity contribution in [3.05, 3.63) is 42.0 Å². The van der Waals surface area contributed by atoms with Crippen molar-refractivity contribution in [2.75, 3.05) is 0 Å². The highest BCUT2D eigenvalue weighted by atomic mass is 16.3. The molecule has 0 aromatic heterocycles. The molecule has 92 valence electrons. The third kappa shape index (κ3) is 2.89. The first-order chi connectivity index (χ1) is 8.20. The van der Waals surface area contributed by atoms with Gasteiger partial charge >= 0.3 is 0 Å². The lowest BCUT2D eigenvalue weighted by Crippen LogP contribution is -2.32. The number of hydrogen-bond donors (Lipinski definition) is 2. The van der Waals surface area contributed by atoms with Gasteiger partial charge in [-0.2, -0.15) is 0 Å². The second-order valence-electron chi connectivity index (χ2n) is 4.92. The molecule has 2 unspecified atom stereocenters. The maximum atomic E-state index is 9.60. The number of hydrogen-bond acceptors (Lipinski definition) is 2. The molecule has 2 N–H and O–H groups in total. The molecule has 1 aliphatic rings. The second kappa shape index (κ2) is 5.37. The molecule has 2 heteroatoms. The molecule has 2 rings (SSSR count). The molecule has 1 aromatic rings. The average Bonchev–Trinajstić information content (AvgIpc) is 2.30. The normalized spacial score (nSPS) is 20.6. The van der Waals surface area contributed by atoms with Crippen molar-refractivity contribution in [1.82, 2.24) is 5.32 Å². The molecule has 0 saturated carbocycles. The van der Waals surface area contributed by atoms with Crippen molar-refractivity contribution in [3.63, 3.8) is 0 Å². The van der Waals surface area contributed by atoms with Crippen molar-refractivity contribution < 1.29 is 5.11 Å². The monoisotopic (exact) mass is 231 g/mol. The Morgan fingerprint density at radius 1 is 1.59 bits per heavy atom. The highest BCUT2D eigenvalue weighted by Gasteiger charge is 2.21. The quantitative estimate of drug-likeness (QED) is 0.779. The standard InChI is InChI=1S/C15H21NO/c1-3-5-11(2)16-15-7-4-6-12-8-9-13(17)10-14(12)15/h3,8-11,15-17H,1,4-7H2,2H3. The fourth-order valence-electron chi connectivity index (χ4n) is 2.62. The van der Waals surface area contributed by atoms with Crippen LogP contribution in [-0.2, 0) is 6.42 Å². The zero-order valence-electron chi connectivity index (χ0n) is 10.4. The highest BCUT2D eigenvalue weighted by molar-refractivity contribution is 5.38. The van der Waals surface area contributed by atoms with E-state index in [-0.39, 0.29) is 0 Å². The zero-order valence-corrected chi connectivity index (χ0v) is 10.4. The van der Waals surface area contributed by atoms with E-state index < -0.39 is 0 Å². The van der Waals surface area contributed by atoms with E-state index in [4.69, 9.17) is 0 Å². The van der Waals surface area contributed by atoms with Crippen molar-refractivity contribution in [3.8, 4) is 5.75 Å². The van der Waals surface area contributed by atoms with Crippen LogP contribution in [0.1, 0.15) is 43.4 Å². The second-order valence-corrected chi connectivity index (χ2v) is 4.92. The summed E-state index contributed by atoms with van der Waals surface area (Å²) in [6, 6.07) is 6.56. The number of phenols is 1. The summed E-state index contributed by atoms with van der Waals surface area (Å²) < 4.78 is 0. The maximum absolute atomic E-state index is 9.60. The zero-order chi connectivity index (χ0) is 12.3. The molecule has 2 atom stereocenters. The summed E-state index contributed by atoms with van der Waals surface area (Å²) in [4.78, 5) is 0. The molecule has 0 bridgehead atoms. The Bertz CT molecular complexity index is 400. The van der Waals surface area contributed by atoms with Gasteiger partial charge in [0, 0.05) is 12.1 Å². The summed E-state index contributed by atoms with van der Waals surface area (Å²) in [5.41, 5.74) is 2.64. The van der Waals surface area contributed by atoms with Gasteiger partial charge in [0.2, 0.25) is 0 Å². The largest absolute Gasteiger partial charge is 0.508 e. The van der Waals surface area contributed by atoms with E-state index in [0.29, 0.717) is 17.8 Å². The fraction of sp³-hybridized carbons (Fsp3) is 0.467. The van der Waals surface area contributed by atoms with Gasteiger partial charge in [0.1, 0.15) is 5.75 Å². The highest BCUT2D eigenvalue weighted by Crippen LogP contribution is 2.32. The Labute approximate surface area is 103 Å². The number of benzene rings is 1. The van der Waals surface area contributed by atoms with Crippen molar-refractivity contribution >= 4 is 0 Å². The molecule has 1 aromatic carbocycles. The third-order valence-electron chi connectivity index (χ3n) is 3.45. The van der Waals surface area contributed by atoms with E-state index in [9.17, 15) is 5.11 Å². The maximum Gasteiger partial charge on any atom is 0.115 e. The fourth-order valence-corrected chi connectivity index (χ4v) is 2.62. The average molecular weight is 231 g/mol. The minimum absolute atomic E-state index is 0.369. The van der Waals surface area contributed by atoms with Crippen LogP contribution in [0, 0.1) is 0 Å². The number of phenolic OH excluding ortho intramolecular Hbond substituents is 1. The van der Waals surface area contributed by atoms with Crippen LogP contribution in [0.3, 0.4) is 0 Å². The van der Waals surface area contributed by atoms with Gasteiger partial charge < -0.3 is 10.4 Å². The van der Waals surface area contributed by atoms with Crippen molar-refractivity contribution in [1.29, 1.82) is 0 Å². The Balaban J connectivity index is 2.16. The van der Waals surface area contributed by atoms with Gasteiger partial charge in [-0.25, -0.2) is 0 Å². The van der Waals surface area contributed by atoms with Crippen LogP contribution >= 0.6 is 0 Å². The summed E-state index contributed by atoms with van der Waals surface area (Å²) in [7, 11) is 0. The van der Waals surface area contributed by atoms with Crippen LogP contribution in [0.4, 0.5) is 0 Å².